The molecule has 3 rings (SSSR count). The quantitative estimate of drug-likeness (QED) is 0.438. The van der Waals surface area contributed by atoms with E-state index in [0.717, 1.165) is 0 Å². The minimum absolute atomic E-state index is 0.0352. The Morgan fingerprint density at radius 1 is 1.15 bits per heavy atom. The van der Waals surface area contributed by atoms with E-state index in [1.807, 2.05) is 0 Å². The van der Waals surface area contributed by atoms with Crippen molar-refractivity contribution in [2.24, 2.45) is 4.99 Å². The van der Waals surface area contributed by atoms with Gasteiger partial charge >= 0.3 is 11.6 Å². The Labute approximate surface area is 149 Å². The Hall–Kier alpha value is -3.41. The molecule has 6 heteroatoms. The summed E-state index contributed by atoms with van der Waals surface area (Å²) >= 11 is 0. The molecule has 3 aromatic rings. The van der Waals surface area contributed by atoms with Crippen molar-refractivity contribution in [2.45, 2.75) is 20.0 Å². The van der Waals surface area contributed by atoms with Crippen LogP contribution >= 0.6 is 0 Å². The first-order chi connectivity index (χ1) is 12.5. The van der Waals surface area contributed by atoms with Crippen molar-refractivity contribution < 1.29 is 19.1 Å². The zero-order valence-electron chi connectivity index (χ0n) is 14.3. The summed E-state index contributed by atoms with van der Waals surface area (Å²) in [5.74, 6) is -0.596. The molecule has 6 nitrogen and oxygen atoms in total. The highest BCUT2D eigenvalue weighted by molar-refractivity contribution is 5.94. The summed E-state index contributed by atoms with van der Waals surface area (Å²) in [4.78, 5) is 28.0. The fourth-order valence-electron chi connectivity index (χ4n) is 2.37. The van der Waals surface area contributed by atoms with Gasteiger partial charge in [-0.25, -0.2) is 9.59 Å². The lowest BCUT2D eigenvalue weighted by atomic mass is 10.1. The molecule has 132 valence electrons. The first-order valence-electron chi connectivity index (χ1n) is 8.05. The number of esters is 1. The molecule has 0 saturated carbocycles. The molecular formula is C20H17NO5. The van der Waals surface area contributed by atoms with Crippen LogP contribution in [0.5, 0.6) is 5.75 Å². The highest BCUT2D eigenvalue weighted by atomic mass is 16.5. The van der Waals surface area contributed by atoms with E-state index in [2.05, 4.69) is 4.99 Å². The van der Waals surface area contributed by atoms with Crippen LogP contribution in [0.3, 0.4) is 0 Å². The van der Waals surface area contributed by atoms with Gasteiger partial charge in [0.05, 0.1) is 22.7 Å². The van der Waals surface area contributed by atoms with E-state index in [0.29, 0.717) is 22.2 Å². The summed E-state index contributed by atoms with van der Waals surface area (Å²) in [6.45, 7) is 3.55. The van der Waals surface area contributed by atoms with Crippen LogP contribution in [0, 0.1) is 0 Å². The molecule has 26 heavy (non-hydrogen) atoms. The Morgan fingerprint density at radius 2 is 1.85 bits per heavy atom. The average molecular weight is 351 g/mol. The lowest BCUT2D eigenvalue weighted by Crippen LogP contribution is -2.11. The fourth-order valence-corrected chi connectivity index (χ4v) is 2.37. The minimum Gasteiger partial charge on any atom is -0.506 e. The molecule has 1 N–H and O–H groups in total. The van der Waals surface area contributed by atoms with Gasteiger partial charge in [0.2, 0.25) is 0 Å². The molecule has 1 heterocycles. The Balaban J connectivity index is 1.87. The normalized spacial score (nSPS) is 11.3. The zero-order chi connectivity index (χ0) is 18.7. The van der Waals surface area contributed by atoms with Crippen molar-refractivity contribution in [1.82, 2.24) is 0 Å². The van der Waals surface area contributed by atoms with Crippen LogP contribution in [-0.2, 0) is 4.74 Å². The van der Waals surface area contributed by atoms with Gasteiger partial charge in [-0.15, -0.1) is 0 Å². The second-order valence-electron chi connectivity index (χ2n) is 5.91. The highest BCUT2D eigenvalue weighted by Crippen LogP contribution is 2.25. The molecule has 1 aromatic heterocycles. The summed E-state index contributed by atoms with van der Waals surface area (Å²) < 4.78 is 10.3. The third-order valence-electron chi connectivity index (χ3n) is 3.61. The number of ether oxygens (including phenoxy) is 1. The predicted octanol–water partition coefficient (Wildman–Crippen LogP) is 3.81. The van der Waals surface area contributed by atoms with E-state index in [9.17, 15) is 14.7 Å². The monoisotopic (exact) mass is 351 g/mol. The number of hydrogen-bond acceptors (Lipinski definition) is 6. The number of aliphatic imine (C=N–C) groups is 1. The summed E-state index contributed by atoms with van der Waals surface area (Å²) in [7, 11) is 0. The molecule has 0 aliphatic heterocycles. The number of benzene rings is 2. The number of fused-ring (bicyclic) bond motifs is 1. The van der Waals surface area contributed by atoms with E-state index in [1.165, 1.54) is 6.21 Å². The minimum atomic E-state index is -0.679. The molecular weight excluding hydrogens is 334 g/mol. The van der Waals surface area contributed by atoms with E-state index in [1.54, 1.807) is 62.4 Å². The van der Waals surface area contributed by atoms with Crippen molar-refractivity contribution in [1.29, 1.82) is 0 Å². The van der Waals surface area contributed by atoms with Crippen molar-refractivity contribution >= 4 is 28.8 Å². The van der Waals surface area contributed by atoms with E-state index >= 15 is 0 Å². The lowest BCUT2D eigenvalue weighted by Gasteiger charge is -2.07. The van der Waals surface area contributed by atoms with Gasteiger partial charge < -0.3 is 14.3 Å². The molecule has 0 unspecified atom stereocenters. The van der Waals surface area contributed by atoms with E-state index < -0.39 is 11.6 Å². The van der Waals surface area contributed by atoms with Crippen molar-refractivity contribution in [2.75, 3.05) is 0 Å². The van der Waals surface area contributed by atoms with Crippen LogP contribution in [0.1, 0.15) is 29.8 Å². The molecule has 0 atom stereocenters. The van der Waals surface area contributed by atoms with Gasteiger partial charge in [0, 0.05) is 6.21 Å². The first kappa shape index (κ1) is 17.4. The van der Waals surface area contributed by atoms with Crippen LogP contribution in [0.2, 0.25) is 0 Å². The average Bonchev–Trinajstić information content (AvgIpc) is 2.61. The summed E-state index contributed by atoms with van der Waals surface area (Å²) in [6, 6.07) is 13.1. The lowest BCUT2D eigenvalue weighted by molar-refractivity contribution is 0.0378. The van der Waals surface area contributed by atoms with Gasteiger partial charge in [-0.2, -0.15) is 0 Å². The number of aromatic hydroxyl groups is 1. The van der Waals surface area contributed by atoms with Gasteiger partial charge in [0.1, 0.15) is 16.9 Å². The molecule has 0 aliphatic rings. The van der Waals surface area contributed by atoms with Gasteiger partial charge in [0.15, 0.2) is 0 Å². The third-order valence-corrected chi connectivity index (χ3v) is 3.61. The maximum Gasteiger partial charge on any atom is 0.348 e. The van der Waals surface area contributed by atoms with Crippen LogP contribution in [0.25, 0.3) is 11.0 Å². The van der Waals surface area contributed by atoms with E-state index in [4.69, 9.17) is 9.15 Å². The van der Waals surface area contributed by atoms with Crippen molar-refractivity contribution in [3.05, 3.63) is 70.1 Å². The van der Waals surface area contributed by atoms with Crippen molar-refractivity contribution in [3.8, 4) is 5.75 Å². The maximum atomic E-state index is 12.0. The smallest absolute Gasteiger partial charge is 0.348 e. The number of carbonyl (C=O) groups is 1. The number of carbonyl (C=O) groups excluding carboxylic acids is 1. The Bertz CT molecular complexity index is 1030. The Morgan fingerprint density at radius 3 is 2.54 bits per heavy atom. The highest BCUT2D eigenvalue weighted by Gasteiger charge is 2.12. The van der Waals surface area contributed by atoms with Gasteiger partial charge in [-0.05, 0) is 50.2 Å². The zero-order valence-corrected chi connectivity index (χ0v) is 14.3. The van der Waals surface area contributed by atoms with Crippen molar-refractivity contribution in [3.63, 3.8) is 0 Å². The third kappa shape index (κ3) is 3.64. The van der Waals surface area contributed by atoms with Crippen LogP contribution in [0.4, 0.5) is 5.69 Å². The van der Waals surface area contributed by atoms with Crippen LogP contribution in [-0.4, -0.2) is 23.4 Å². The second-order valence-corrected chi connectivity index (χ2v) is 5.91. The van der Waals surface area contributed by atoms with E-state index in [-0.39, 0.29) is 17.4 Å². The summed E-state index contributed by atoms with van der Waals surface area (Å²) in [6.07, 6.45) is 1.05. The molecule has 0 fully saturated rings. The van der Waals surface area contributed by atoms with Crippen LogP contribution in [0.15, 0.2) is 62.7 Å². The largest absolute Gasteiger partial charge is 0.506 e. The summed E-state index contributed by atoms with van der Waals surface area (Å²) in [5.41, 5.74) is 0.512. The Kier molecular flexibility index (Phi) is 4.84. The number of hydrogen-bond donors (Lipinski definition) is 1. The second kappa shape index (κ2) is 7.23. The molecule has 0 bridgehead atoms. The molecule has 2 aromatic carbocycles. The maximum absolute atomic E-state index is 12.0. The predicted molar refractivity (Wildman–Crippen MR) is 98.4 cm³/mol. The molecule has 0 spiro atoms. The fraction of sp³-hybridized carbons (Fsp3) is 0.150. The van der Waals surface area contributed by atoms with Crippen LogP contribution < -0.4 is 5.63 Å². The van der Waals surface area contributed by atoms with Gasteiger partial charge in [-0.1, -0.05) is 12.1 Å². The topological polar surface area (TPSA) is 89.1 Å². The number of para-hydroxylation sites is 1. The number of rotatable bonds is 4. The molecule has 0 saturated heterocycles. The van der Waals surface area contributed by atoms with Gasteiger partial charge in [0.25, 0.3) is 0 Å². The molecule has 0 amide bonds. The SMILES string of the molecule is CC(C)OC(=O)c1ccc(N=Cc2c(O)c3ccccc3oc2=O)cc1. The van der Waals surface area contributed by atoms with Gasteiger partial charge in [-0.3, -0.25) is 4.99 Å². The molecule has 0 radical (unpaired) electrons. The number of nitrogens with zero attached hydrogens (tertiary/aromatic N) is 1. The summed E-state index contributed by atoms with van der Waals surface area (Å²) in [5, 5.41) is 10.7. The standard InChI is InChI=1S/C20H17NO5/c1-12(2)25-19(23)13-7-9-14(10-8-13)21-11-16-18(22)15-5-3-4-6-17(15)26-20(16)24/h3-12,22H,1-2H3. The molecule has 0 aliphatic carbocycles. The first-order valence-corrected chi connectivity index (χ1v) is 8.05.